The minimum absolute atomic E-state index is 0.0210. The minimum Gasteiger partial charge on any atom is -0.481 e. The Kier molecular flexibility index (Phi) is 6.12. The number of rotatable bonds is 6. The van der Waals surface area contributed by atoms with Gasteiger partial charge >= 0.3 is 5.97 Å². The van der Waals surface area contributed by atoms with E-state index in [0.29, 0.717) is 13.0 Å². The molecule has 0 aromatic heterocycles. The number of hydrogen-bond donors (Lipinski definition) is 3. The van der Waals surface area contributed by atoms with Crippen LogP contribution >= 0.6 is 0 Å². The van der Waals surface area contributed by atoms with Crippen molar-refractivity contribution in [2.75, 3.05) is 6.54 Å². The monoisotopic (exact) mass is 256 g/mol. The quantitative estimate of drug-likeness (QED) is 0.664. The van der Waals surface area contributed by atoms with Gasteiger partial charge in [-0.05, 0) is 38.6 Å². The summed E-state index contributed by atoms with van der Waals surface area (Å²) in [6.45, 7) is 2.49. The van der Waals surface area contributed by atoms with Crippen LogP contribution in [0, 0.1) is 11.8 Å². The van der Waals surface area contributed by atoms with Gasteiger partial charge in [-0.3, -0.25) is 9.59 Å². The summed E-state index contributed by atoms with van der Waals surface area (Å²) in [4.78, 5) is 22.8. The van der Waals surface area contributed by atoms with Gasteiger partial charge in [-0.15, -0.1) is 0 Å². The molecule has 1 amide bonds. The number of hydrogen-bond acceptors (Lipinski definition) is 3. The number of nitrogens with two attached hydrogens (primary N) is 1. The second-order valence-electron chi connectivity index (χ2n) is 5.24. The van der Waals surface area contributed by atoms with E-state index in [4.69, 9.17) is 10.8 Å². The summed E-state index contributed by atoms with van der Waals surface area (Å²) in [6, 6.07) is 0.0210. The standard InChI is InChI=1S/C13H24N2O3/c1-9(4-3-7-14)12(16)15-11-6-2-5-10(8-11)13(17)18/h9-11H,2-8,14H2,1H3,(H,15,16)(H,17,18). The third-order valence-corrected chi connectivity index (χ3v) is 3.66. The molecule has 0 bridgehead atoms. The maximum atomic E-state index is 11.9. The molecule has 0 aliphatic heterocycles. The summed E-state index contributed by atoms with van der Waals surface area (Å²) in [7, 11) is 0. The maximum absolute atomic E-state index is 11.9. The number of carbonyl (C=O) groups is 2. The normalized spacial score (nSPS) is 25.4. The van der Waals surface area contributed by atoms with E-state index in [1.807, 2.05) is 6.92 Å². The van der Waals surface area contributed by atoms with Gasteiger partial charge < -0.3 is 16.2 Å². The van der Waals surface area contributed by atoms with Crippen LogP contribution in [0.5, 0.6) is 0 Å². The van der Waals surface area contributed by atoms with E-state index in [2.05, 4.69) is 5.32 Å². The fourth-order valence-corrected chi connectivity index (χ4v) is 2.44. The molecule has 18 heavy (non-hydrogen) atoms. The zero-order chi connectivity index (χ0) is 13.5. The zero-order valence-electron chi connectivity index (χ0n) is 11.0. The van der Waals surface area contributed by atoms with Gasteiger partial charge in [-0.1, -0.05) is 13.3 Å². The Bertz CT molecular complexity index is 294. The van der Waals surface area contributed by atoms with Crippen molar-refractivity contribution in [2.24, 2.45) is 17.6 Å². The van der Waals surface area contributed by atoms with Crippen molar-refractivity contribution in [3.8, 4) is 0 Å². The molecule has 1 saturated carbocycles. The highest BCUT2D eigenvalue weighted by atomic mass is 16.4. The van der Waals surface area contributed by atoms with E-state index < -0.39 is 5.97 Å². The summed E-state index contributed by atoms with van der Waals surface area (Å²) in [5.74, 6) is -1.06. The number of carboxylic acid groups (broad SMARTS) is 1. The van der Waals surface area contributed by atoms with E-state index in [9.17, 15) is 9.59 Å². The Morgan fingerprint density at radius 2 is 2.17 bits per heavy atom. The number of nitrogens with one attached hydrogen (secondary N) is 1. The van der Waals surface area contributed by atoms with Crippen LogP contribution in [0.2, 0.25) is 0 Å². The van der Waals surface area contributed by atoms with Crippen LogP contribution in [0.3, 0.4) is 0 Å². The van der Waals surface area contributed by atoms with Gasteiger partial charge in [0.05, 0.1) is 5.92 Å². The van der Waals surface area contributed by atoms with Gasteiger partial charge in [-0.25, -0.2) is 0 Å². The summed E-state index contributed by atoms with van der Waals surface area (Å²) < 4.78 is 0. The second kappa shape index (κ2) is 7.36. The molecule has 5 nitrogen and oxygen atoms in total. The Labute approximate surface area is 108 Å². The van der Waals surface area contributed by atoms with Crippen LogP contribution in [0.4, 0.5) is 0 Å². The molecule has 0 heterocycles. The summed E-state index contributed by atoms with van der Waals surface area (Å²) >= 11 is 0. The maximum Gasteiger partial charge on any atom is 0.306 e. The molecule has 0 aromatic carbocycles. The Balaban J connectivity index is 2.37. The van der Waals surface area contributed by atoms with Crippen molar-refractivity contribution in [3.05, 3.63) is 0 Å². The third kappa shape index (κ3) is 4.64. The molecular formula is C13H24N2O3. The molecular weight excluding hydrogens is 232 g/mol. The van der Waals surface area contributed by atoms with Gasteiger partial charge in [0.2, 0.25) is 5.91 Å². The van der Waals surface area contributed by atoms with Crippen molar-refractivity contribution in [3.63, 3.8) is 0 Å². The van der Waals surface area contributed by atoms with Crippen molar-refractivity contribution >= 4 is 11.9 Å². The first-order chi connectivity index (χ1) is 8.54. The second-order valence-corrected chi connectivity index (χ2v) is 5.24. The van der Waals surface area contributed by atoms with Gasteiger partial charge in [0.15, 0.2) is 0 Å². The number of aliphatic carboxylic acids is 1. The van der Waals surface area contributed by atoms with Crippen LogP contribution in [0.25, 0.3) is 0 Å². The topological polar surface area (TPSA) is 92.4 Å². The van der Waals surface area contributed by atoms with Gasteiger partial charge in [0, 0.05) is 12.0 Å². The van der Waals surface area contributed by atoms with Crippen LogP contribution < -0.4 is 11.1 Å². The largest absolute Gasteiger partial charge is 0.481 e. The molecule has 0 spiro atoms. The molecule has 1 fully saturated rings. The fraction of sp³-hybridized carbons (Fsp3) is 0.846. The number of carboxylic acids is 1. The molecule has 1 aliphatic carbocycles. The lowest BCUT2D eigenvalue weighted by Crippen LogP contribution is -2.42. The lowest BCUT2D eigenvalue weighted by Gasteiger charge is -2.28. The lowest BCUT2D eigenvalue weighted by atomic mass is 9.85. The average molecular weight is 256 g/mol. The summed E-state index contributed by atoms with van der Waals surface area (Å²) in [5, 5.41) is 12.0. The number of amides is 1. The fourth-order valence-electron chi connectivity index (χ4n) is 2.44. The SMILES string of the molecule is CC(CCCN)C(=O)NC1CCCC(C(=O)O)C1. The highest BCUT2D eigenvalue weighted by Gasteiger charge is 2.28. The summed E-state index contributed by atoms with van der Waals surface area (Å²) in [6.07, 6.45) is 4.68. The first-order valence-corrected chi connectivity index (χ1v) is 6.77. The van der Waals surface area contributed by atoms with Crippen LogP contribution in [0.15, 0.2) is 0 Å². The highest BCUT2D eigenvalue weighted by Crippen LogP contribution is 2.24. The third-order valence-electron chi connectivity index (χ3n) is 3.66. The van der Waals surface area contributed by atoms with Crippen molar-refractivity contribution < 1.29 is 14.7 Å². The van der Waals surface area contributed by atoms with E-state index in [-0.39, 0.29) is 23.8 Å². The van der Waals surface area contributed by atoms with Gasteiger partial charge in [0.25, 0.3) is 0 Å². The Morgan fingerprint density at radius 1 is 1.44 bits per heavy atom. The average Bonchev–Trinajstić information content (AvgIpc) is 2.36. The van der Waals surface area contributed by atoms with Crippen LogP contribution in [-0.2, 0) is 9.59 Å². The minimum atomic E-state index is -0.745. The molecule has 5 heteroatoms. The summed E-state index contributed by atoms with van der Waals surface area (Å²) in [5.41, 5.74) is 5.42. The first-order valence-electron chi connectivity index (χ1n) is 6.77. The Morgan fingerprint density at radius 3 is 2.78 bits per heavy atom. The first kappa shape index (κ1) is 15.0. The predicted molar refractivity (Wildman–Crippen MR) is 69.0 cm³/mol. The molecule has 104 valence electrons. The smallest absolute Gasteiger partial charge is 0.306 e. The lowest BCUT2D eigenvalue weighted by molar-refractivity contribution is -0.143. The van der Waals surface area contributed by atoms with Gasteiger partial charge in [0.1, 0.15) is 0 Å². The van der Waals surface area contributed by atoms with Crippen LogP contribution in [0.1, 0.15) is 45.4 Å². The van der Waals surface area contributed by atoms with Gasteiger partial charge in [-0.2, -0.15) is 0 Å². The molecule has 3 unspecified atom stereocenters. The predicted octanol–water partition coefficient (Wildman–Crippen LogP) is 1.12. The van der Waals surface area contributed by atoms with Crippen molar-refractivity contribution in [1.29, 1.82) is 0 Å². The molecule has 3 atom stereocenters. The molecule has 0 saturated heterocycles. The van der Waals surface area contributed by atoms with E-state index >= 15 is 0 Å². The van der Waals surface area contributed by atoms with Crippen molar-refractivity contribution in [2.45, 2.75) is 51.5 Å². The van der Waals surface area contributed by atoms with E-state index in [1.165, 1.54) is 0 Å². The highest BCUT2D eigenvalue weighted by molar-refractivity contribution is 5.78. The molecule has 4 N–H and O–H groups in total. The Hall–Kier alpha value is -1.10. The molecule has 0 radical (unpaired) electrons. The van der Waals surface area contributed by atoms with E-state index in [0.717, 1.165) is 32.1 Å². The molecule has 1 aliphatic rings. The number of carbonyl (C=O) groups excluding carboxylic acids is 1. The zero-order valence-corrected chi connectivity index (χ0v) is 11.0. The van der Waals surface area contributed by atoms with Crippen molar-refractivity contribution in [1.82, 2.24) is 5.32 Å². The molecule has 0 aromatic rings. The van der Waals surface area contributed by atoms with Crippen LogP contribution in [-0.4, -0.2) is 29.6 Å². The molecule has 1 rings (SSSR count). The van der Waals surface area contributed by atoms with E-state index in [1.54, 1.807) is 0 Å².